The molecule has 0 aliphatic carbocycles. The van der Waals surface area contributed by atoms with E-state index >= 15 is 0 Å². The van der Waals surface area contributed by atoms with Crippen molar-refractivity contribution in [2.24, 2.45) is 7.05 Å². The highest BCUT2D eigenvalue weighted by Gasteiger charge is 2.05. The molecule has 0 spiro atoms. The van der Waals surface area contributed by atoms with Crippen LogP contribution in [0.15, 0.2) is 79.1 Å². The van der Waals surface area contributed by atoms with Crippen molar-refractivity contribution in [1.29, 1.82) is 0 Å². The zero-order valence-electron chi connectivity index (χ0n) is 19.7. The number of methoxy groups -OCH3 is 1. The third-order valence-corrected chi connectivity index (χ3v) is 5.74. The van der Waals surface area contributed by atoms with E-state index < -0.39 is 0 Å². The summed E-state index contributed by atoms with van der Waals surface area (Å²) in [6.45, 7) is 0.405. The fraction of sp³-hybridized carbons (Fsp3) is 0.103. The van der Waals surface area contributed by atoms with Gasteiger partial charge in [-0.2, -0.15) is 5.10 Å². The van der Waals surface area contributed by atoms with Crippen LogP contribution in [0.4, 0.5) is 0 Å². The molecular formula is C29H26N4O2. The van der Waals surface area contributed by atoms with Gasteiger partial charge >= 0.3 is 0 Å². The molecule has 3 aromatic heterocycles. The molecule has 0 amide bonds. The molecule has 0 saturated carbocycles. The Morgan fingerprint density at radius 3 is 2.74 bits per heavy atom. The van der Waals surface area contributed by atoms with Crippen LogP contribution in [0.25, 0.3) is 35.2 Å². The number of fused-ring (bicyclic) bond motifs is 1. The number of benzene rings is 2. The Labute approximate surface area is 204 Å². The molecule has 1 N–H and O–H groups in total. The van der Waals surface area contributed by atoms with Gasteiger partial charge in [0.1, 0.15) is 18.1 Å². The molecule has 6 heteroatoms. The second kappa shape index (κ2) is 10.1. The van der Waals surface area contributed by atoms with Gasteiger partial charge < -0.3 is 14.0 Å². The molecular weight excluding hydrogens is 436 g/mol. The summed E-state index contributed by atoms with van der Waals surface area (Å²) in [4.78, 5) is 4.28. The summed E-state index contributed by atoms with van der Waals surface area (Å²) in [5.74, 6) is 1.46. The quantitative estimate of drug-likeness (QED) is 0.297. The van der Waals surface area contributed by atoms with E-state index in [1.807, 2.05) is 60.7 Å². The Bertz CT molecular complexity index is 1500. The Kier molecular flexibility index (Phi) is 6.44. The molecule has 0 aliphatic heterocycles. The number of nitrogens with one attached hydrogen (secondary N) is 1. The van der Waals surface area contributed by atoms with Gasteiger partial charge in [0.15, 0.2) is 0 Å². The normalized spacial score (nSPS) is 11.6. The van der Waals surface area contributed by atoms with E-state index in [1.165, 1.54) is 10.9 Å². The fourth-order valence-electron chi connectivity index (χ4n) is 3.83. The van der Waals surface area contributed by atoms with Gasteiger partial charge in [0.05, 0.1) is 24.2 Å². The molecule has 0 radical (unpaired) electrons. The maximum absolute atomic E-state index is 5.85. The number of aromatic nitrogens is 4. The minimum absolute atomic E-state index is 0.405. The second-order valence-corrected chi connectivity index (χ2v) is 8.17. The Balaban J connectivity index is 1.25. The topological polar surface area (TPSA) is 65.0 Å². The Hall–Kier alpha value is -4.58. The SMILES string of the molecule is COc1cc(OCc2ccccn2)ccc1C=Cc1cc(C=Cc2ccc3ccn(C)c3c2)[nH]n1. The highest BCUT2D eigenvalue weighted by Crippen LogP contribution is 2.27. The molecule has 0 unspecified atom stereocenters. The van der Waals surface area contributed by atoms with Gasteiger partial charge in [-0.3, -0.25) is 10.1 Å². The van der Waals surface area contributed by atoms with Crippen molar-refractivity contribution in [3.05, 3.63) is 107 Å². The largest absolute Gasteiger partial charge is 0.496 e. The van der Waals surface area contributed by atoms with Crippen LogP contribution in [-0.2, 0) is 13.7 Å². The molecule has 35 heavy (non-hydrogen) atoms. The number of rotatable bonds is 8. The van der Waals surface area contributed by atoms with E-state index in [4.69, 9.17) is 9.47 Å². The van der Waals surface area contributed by atoms with E-state index in [-0.39, 0.29) is 0 Å². The van der Waals surface area contributed by atoms with Crippen molar-refractivity contribution in [2.75, 3.05) is 7.11 Å². The molecule has 5 rings (SSSR count). The fourth-order valence-corrected chi connectivity index (χ4v) is 3.83. The van der Waals surface area contributed by atoms with E-state index in [0.717, 1.165) is 39.7 Å². The van der Waals surface area contributed by atoms with Gasteiger partial charge in [-0.05, 0) is 71.6 Å². The molecule has 0 fully saturated rings. The molecule has 0 atom stereocenters. The zero-order valence-corrected chi connectivity index (χ0v) is 19.7. The van der Waals surface area contributed by atoms with Crippen molar-refractivity contribution in [1.82, 2.24) is 19.7 Å². The second-order valence-electron chi connectivity index (χ2n) is 8.17. The number of hydrogen-bond acceptors (Lipinski definition) is 4. The summed E-state index contributed by atoms with van der Waals surface area (Å²) in [5, 5.41) is 8.71. The first-order chi connectivity index (χ1) is 17.2. The zero-order chi connectivity index (χ0) is 24.0. The van der Waals surface area contributed by atoms with Crippen molar-refractivity contribution in [3.63, 3.8) is 0 Å². The van der Waals surface area contributed by atoms with Crippen LogP contribution in [0.2, 0.25) is 0 Å². The van der Waals surface area contributed by atoms with E-state index in [9.17, 15) is 0 Å². The van der Waals surface area contributed by atoms with E-state index in [0.29, 0.717) is 6.61 Å². The van der Waals surface area contributed by atoms with Crippen LogP contribution < -0.4 is 9.47 Å². The van der Waals surface area contributed by atoms with Gasteiger partial charge in [-0.15, -0.1) is 0 Å². The summed E-state index contributed by atoms with van der Waals surface area (Å²) in [6, 6.07) is 22.1. The lowest BCUT2D eigenvalue weighted by molar-refractivity contribution is 0.299. The number of ether oxygens (including phenoxy) is 2. The van der Waals surface area contributed by atoms with E-state index in [2.05, 4.69) is 63.3 Å². The first kappa shape index (κ1) is 22.2. The van der Waals surface area contributed by atoms with Gasteiger partial charge in [0.25, 0.3) is 0 Å². The molecule has 6 nitrogen and oxygen atoms in total. The van der Waals surface area contributed by atoms with Crippen molar-refractivity contribution >= 4 is 35.2 Å². The van der Waals surface area contributed by atoms with Crippen molar-refractivity contribution < 1.29 is 9.47 Å². The number of aryl methyl sites for hydroxylation is 1. The molecule has 3 heterocycles. The third-order valence-electron chi connectivity index (χ3n) is 5.74. The molecule has 2 aromatic carbocycles. The predicted molar refractivity (Wildman–Crippen MR) is 141 cm³/mol. The number of pyridine rings is 1. The highest BCUT2D eigenvalue weighted by molar-refractivity contribution is 5.84. The summed E-state index contributed by atoms with van der Waals surface area (Å²) in [6.07, 6.45) is 11.9. The standard InChI is InChI=1S/C29H26N4O2/c1-33-16-14-22-8-6-21(17-28(22)33)7-11-24-18-25(32-31-24)12-9-23-10-13-27(19-29(23)34-2)35-20-26-5-3-4-15-30-26/h3-19H,20H2,1-2H3,(H,31,32). The van der Waals surface area contributed by atoms with Gasteiger partial charge in [-0.1, -0.05) is 24.3 Å². The van der Waals surface area contributed by atoms with Crippen LogP contribution in [0.5, 0.6) is 11.5 Å². The van der Waals surface area contributed by atoms with Crippen molar-refractivity contribution in [3.8, 4) is 11.5 Å². The monoisotopic (exact) mass is 462 g/mol. The number of nitrogens with zero attached hydrogens (tertiary/aromatic N) is 3. The van der Waals surface area contributed by atoms with Gasteiger partial charge in [0, 0.05) is 36.6 Å². The van der Waals surface area contributed by atoms with E-state index in [1.54, 1.807) is 13.3 Å². The van der Waals surface area contributed by atoms with Gasteiger partial charge in [0.2, 0.25) is 0 Å². The summed E-state index contributed by atoms with van der Waals surface area (Å²) < 4.78 is 13.5. The molecule has 0 aliphatic rings. The summed E-state index contributed by atoms with van der Waals surface area (Å²) >= 11 is 0. The van der Waals surface area contributed by atoms with Gasteiger partial charge in [-0.25, -0.2) is 0 Å². The number of hydrogen-bond donors (Lipinski definition) is 1. The Morgan fingerprint density at radius 2 is 1.89 bits per heavy atom. The molecule has 0 bridgehead atoms. The van der Waals surface area contributed by atoms with Crippen molar-refractivity contribution in [2.45, 2.75) is 6.61 Å². The lowest BCUT2D eigenvalue weighted by Crippen LogP contribution is -1.98. The smallest absolute Gasteiger partial charge is 0.130 e. The molecule has 5 aromatic rings. The Morgan fingerprint density at radius 1 is 0.943 bits per heavy atom. The molecule has 174 valence electrons. The maximum Gasteiger partial charge on any atom is 0.130 e. The number of aromatic amines is 1. The lowest BCUT2D eigenvalue weighted by atomic mass is 10.1. The number of H-pyrrole nitrogens is 1. The van der Waals surface area contributed by atoms with Crippen LogP contribution in [0, 0.1) is 0 Å². The lowest BCUT2D eigenvalue weighted by Gasteiger charge is -2.09. The first-order valence-corrected chi connectivity index (χ1v) is 11.4. The predicted octanol–water partition coefficient (Wildman–Crippen LogP) is 6.22. The average molecular weight is 463 g/mol. The van der Waals surface area contributed by atoms with Crippen LogP contribution >= 0.6 is 0 Å². The first-order valence-electron chi connectivity index (χ1n) is 11.4. The summed E-state index contributed by atoms with van der Waals surface area (Å²) in [7, 11) is 3.71. The minimum atomic E-state index is 0.405. The average Bonchev–Trinajstić information content (AvgIpc) is 3.52. The highest BCUT2D eigenvalue weighted by atomic mass is 16.5. The summed E-state index contributed by atoms with van der Waals surface area (Å²) in [5.41, 5.74) is 5.93. The third kappa shape index (κ3) is 5.33. The molecule has 0 saturated heterocycles. The van der Waals surface area contributed by atoms with Crippen LogP contribution in [0.1, 0.15) is 28.2 Å². The minimum Gasteiger partial charge on any atom is -0.496 e. The van der Waals surface area contributed by atoms with Crippen LogP contribution in [0.3, 0.4) is 0 Å². The maximum atomic E-state index is 5.85. The van der Waals surface area contributed by atoms with Crippen LogP contribution in [-0.4, -0.2) is 26.9 Å².